The minimum Gasteiger partial charge on any atom is -0.419 e. The number of hydrogen-bond acceptors (Lipinski definition) is 4. The molecular weight excluding hydrogens is 433 g/mol. The van der Waals surface area contributed by atoms with E-state index >= 15 is 0 Å². The van der Waals surface area contributed by atoms with Gasteiger partial charge in [-0.3, -0.25) is 0 Å². The molecule has 0 unspecified atom stereocenters. The average Bonchev–Trinajstić information content (AvgIpc) is 3.14. The first-order chi connectivity index (χ1) is 14.5. The molecule has 0 bridgehead atoms. The summed E-state index contributed by atoms with van der Waals surface area (Å²) in [5.74, 6) is -1.09. The van der Waals surface area contributed by atoms with E-state index in [1.54, 1.807) is 0 Å². The van der Waals surface area contributed by atoms with Crippen molar-refractivity contribution in [1.29, 1.82) is 0 Å². The largest absolute Gasteiger partial charge is 0.419 e. The van der Waals surface area contributed by atoms with Gasteiger partial charge in [0.1, 0.15) is 12.4 Å². The summed E-state index contributed by atoms with van der Waals surface area (Å²) >= 11 is 0. The number of benzene rings is 2. The van der Waals surface area contributed by atoms with Gasteiger partial charge in [0, 0.05) is 11.3 Å². The van der Waals surface area contributed by atoms with E-state index in [2.05, 4.69) is 15.0 Å². The molecule has 0 fully saturated rings. The molecule has 0 aliphatic heterocycles. The lowest BCUT2D eigenvalue weighted by Crippen LogP contribution is -2.34. The predicted molar refractivity (Wildman–Crippen MR) is 94.5 cm³/mol. The molecular formula is C19H11F7N4O. The summed E-state index contributed by atoms with van der Waals surface area (Å²) in [6.45, 7) is 4.55. The van der Waals surface area contributed by atoms with Gasteiger partial charge in [0.25, 0.3) is 0 Å². The number of alkyl halides is 6. The molecule has 0 radical (unpaired) electrons. The molecule has 0 N–H and O–H groups in total. The third-order valence-electron chi connectivity index (χ3n) is 4.01. The lowest BCUT2D eigenvalue weighted by Gasteiger charge is -2.25. The third-order valence-corrected chi connectivity index (χ3v) is 4.01. The first-order valence-corrected chi connectivity index (χ1v) is 8.45. The van der Waals surface area contributed by atoms with Crippen molar-refractivity contribution < 1.29 is 35.2 Å². The van der Waals surface area contributed by atoms with Gasteiger partial charge in [-0.1, -0.05) is 12.1 Å². The van der Waals surface area contributed by atoms with Crippen molar-refractivity contribution in [2.24, 2.45) is 0 Å². The molecule has 12 heteroatoms. The molecule has 3 aromatic rings. The molecule has 1 heterocycles. The van der Waals surface area contributed by atoms with Gasteiger partial charge in [0.05, 0.1) is 18.7 Å². The Kier molecular flexibility index (Phi) is 5.88. The Labute approximate surface area is 170 Å². The summed E-state index contributed by atoms with van der Waals surface area (Å²) in [7, 11) is 0. The van der Waals surface area contributed by atoms with Gasteiger partial charge in [0.15, 0.2) is 5.69 Å². The predicted octanol–water partition coefficient (Wildman–Crippen LogP) is 6.01. The van der Waals surface area contributed by atoms with Gasteiger partial charge >= 0.3 is 12.4 Å². The Hall–Kier alpha value is -3.62. The first-order valence-electron chi connectivity index (χ1n) is 8.45. The Morgan fingerprint density at radius 2 is 1.74 bits per heavy atom. The smallest absolute Gasteiger partial charge is 0.407 e. The van der Waals surface area contributed by atoms with Gasteiger partial charge in [-0.05, 0) is 30.3 Å². The molecule has 0 saturated carbocycles. The molecule has 5 nitrogen and oxygen atoms in total. The van der Waals surface area contributed by atoms with Crippen LogP contribution in [0.15, 0.2) is 46.9 Å². The van der Waals surface area contributed by atoms with Crippen molar-refractivity contribution >= 4 is 11.4 Å². The average molecular weight is 444 g/mol. The fourth-order valence-corrected chi connectivity index (χ4v) is 2.72. The van der Waals surface area contributed by atoms with E-state index in [0.717, 1.165) is 24.3 Å². The second-order valence-corrected chi connectivity index (χ2v) is 6.29. The fraction of sp³-hybridized carbons (Fsp3) is 0.211. The highest BCUT2D eigenvalue weighted by Crippen LogP contribution is 2.39. The lowest BCUT2D eigenvalue weighted by molar-refractivity contribution is -0.136. The van der Waals surface area contributed by atoms with E-state index in [1.807, 2.05) is 0 Å². The Morgan fingerprint density at radius 3 is 2.35 bits per heavy atom. The van der Waals surface area contributed by atoms with Crippen LogP contribution in [0, 0.1) is 12.4 Å². The first kappa shape index (κ1) is 22.1. The molecule has 3 rings (SSSR count). The summed E-state index contributed by atoms with van der Waals surface area (Å²) < 4.78 is 97.4. The van der Waals surface area contributed by atoms with Gasteiger partial charge < -0.3 is 9.32 Å². The van der Waals surface area contributed by atoms with Gasteiger partial charge in [-0.25, -0.2) is 9.24 Å². The fourth-order valence-electron chi connectivity index (χ4n) is 2.72. The van der Waals surface area contributed by atoms with Crippen LogP contribution in [0.1, 0.15) is 11.5 Å². The summed E-state index contributed by atoms with van der Waals surface area (Å²) in [6, 6.07) is 7.26. The van der Waals surface area contributed by atoms with Gasteiger partial charge in [-0.15, -0.1) is 10.2 Å². The Balaban J connectivity index is 1.95. The van der Waals surface area contributed by atoms with Crippen LogP contribution in [0.25, 0.3) is 16.3 Å². The summed E-state index contributed by atoms with van der Waals surface area (Å²) in [4.78, 5) is 3.32. The van der Waals surface area contributed by atoms with Crippen molar-refractivity contribution in [3.05, 3.63) is 71.2 Å². The monoisotopic (exact) mass is 444 g/mol. The van der Waals surface area contributed by atoms with Crippen LogP contribution in [0.2, 0.25) is 0 Å². The standard InChI is InChI=1S/C19H11F7N4O/c1-27-15-6-5-13(8-14(15)19(24,25)26)30(10-18(21,22)23)9-16-28-29-17(31-16)11-3-2-4-12(20)7-11/h2-8H,9-10H2. The van der Waals surface area contributed by atoms with E-state index in [1.165, 1.54) is 12.1 Å². The third kappa shape index (κ3) is 5.50. The van der Waals surface area contributed by atoms with E-state index in [0.29, 0.717) is 11.0 Å². The number of nitrogens with zero attached hydrogens (tertiary/aromatic N) is 4. The zero-order chi connectivity index (χ0) is 22.8. The molecule has 0 aliphatic rings. The number of aromatic nitrogens is 2. The van der Waals surface area contributed by atoms with Gasteiger partial charge in [-0.2, -0.15) is 26.3 Å². The minimum atomic E-state index is -4.94. The van der Waals surface area contributed by atoms with Crippen LogP contribution in [0.5, 0.6) is 0 Å². The maximum absolute atomic E-state index is 13.3. The van der Waals surface area contributed by atoms with Crippen LogP contribution < -0.4 is 4.90 Å². The zero-order valence-electron chi connectivity index (χ0n) is 15.3. The highest BCUT2D eigenvalue weighted by Gasteiger charge is 2.36. The SMILES string of the molecule is [C-]#[N+]c1ccc(N(Cc2nnc(-c3cccc(F)c3)o2)CC(F)(F)F)cc1C(F)(F)F. The van der Waals surface area contributed by atoms with E-state index < -0.39 is 48.2 Å². The van der Waals surface area contributed by atoms with Gasteiger partial charge in [0.2, 0.25) is 11.8 Å². The Morgan fingerprint density at radius 1 is 1.00 bits per heavy atom. The molecule has 0 saturated heterocycles. The van der Waals surface area contributed by atoms with Crippen molar-refractivity contribution in [2.75, 3.05) is 11.4 Å². The van der Waals surface area contributed by atoms with Crippen LogP contribution in [-0.4, -0.2) is 22.9 Å². The normalized spacial score (nSPS) is 11.9. The molecule has 0 spiro atoms. The van der Waals surface area contributed by atoms with Crippen LogP contribution >= 0.6 is 0 Å². The molecule has 0 aliphatic carbocycles. The number of rotatable bonds is 5. The highest BCUT2D eigenvalue weighted by atomic mass is 19.4. The van der Waals surface area contributed by atoms with Crippen LogP contribution in [0.3, 0.4) is 0 Å². The number of hydrogen-bond donors (Lipinski definition) is 0. The molecule has 31 heavy (non-hydrogen) atoms. The summed E-state index contributed by atoms with van der Waals surface area (Å²) in [6.07, 6.45) is -9.70. The maximum Gasteiger partial charge on any atom is 0.407 e. The van der Waals surface area contributed by atoms with E-state index in [9.17, 15) is 30.7 Å². The molecule has 162 valence electrons. The summed E-state index contributed by atoms with van der Waals surface area (Å²) in [5, 5.41) is 7.25. The second kappa shape index (κ2) is 8.25. The van der Waals surface area contributed by atoms with Crippen molar-refractivity contribution in [1.82, 2.24) is 10.2 Å². The van der Waals surface area contributed by atoms with Crippen molar-refractivity contribution in [2.45, 2.75) is 18.9 Å². The second-order valence-electron chi connectivity index (χ2n) is 6.29. The molecule has 2 aromatic carbocycles. The number of anilines is 1. The molecule has 1 aromatic heterocycles. The van der Waals surface area contributed by atoms with Crippen LogP contribution in [-0.2, 0) is 12.7 Å². The van der Waals surface area contributed by atoms with E-state index in [-0.39, 0.29) is 17.3 Å². The molecule has 0 amide bonds. The quantitative estimate of drug-likeness (QED) is 0.357. The van der Waals surface area contributed by atoms with E-state index in [4.69, 9.17) is 11.0 Å². The van der Waals surface area contributed by atoms with Crippen molar-refractivity contribution in [3.8, 4) is 11.5 Å². The maximum atomic E-state index is 13.3. The number of halogens is 7. The lowest BCUT2D eigenvalue weighted by atomic mass is 10.1. The molecule has 0 atom stereocenters. The topological polar surface area (TPSA) is 46.5 Å². The van der Waals surface area contributed by atoms with Crippen LogP contribution in [0.4, 0.5) is 42.1 Å². The minimum absolute atomic E-state index is 0.166. The van der Waals surface area contributed by atoms with Crippen molar-refractivity contribution in [3.63, 3.8) is 0 Å². The zero-order valence-corrected chi connectivity index (χ0v) is 15.3. The summed E-state index contributed by atoms with van der Waals surface area (Å²) in [5.41, 5.74) is -2.36. The Bertz CT molecular complexity index is 1120. The highest BCUT2D eigenvalue weighted by molar-refractivity contribution is 5.62.